The number of carbonyl (C=O) groups is 1. The Balaban J connectivity index is 1.18. The van der Waals surface area contributed by atoms with Crippen LogP contribution in [-0.2, 0) is 11.2 Å². The van der Waals surface area contributed by atoms with Crippen LogP contribution in [0.5, 0.6) is 0 Å². The summed E-state index contributed by atoms with van der Waals surface area (Å²) >= 11 is 0. The Bertz CT molecular complexity index is 1150. The monoisotopic (exact) mass is 384 g/mol. The van der Waals surface area contributed by atoms with Crippen molar-refractivity contribution in [1.82, 2.24) is 25.1 Å². The third-order valence-electron chi connectivity index (χ3n) is 5.50. The number of fused-ring (bicyclic) bond motifs is 1. The molecule has 1 fully saturated rings. The van der Waals surface area contributed by atoms with Gasteiger partial charge >= 0.3 is 0 Å². The van der Waals surface area contributed by atoms with Crippen LogP contribution in [0.2, 0.25) is 0 Å². The van der Waals surface area contributed by atoms with E-state index in [9.17, 15) is 4.79 Å². The predicted molar refractivity (Wildman–Crippen MR) is 109 cm³/mol. The first kappa shape index (κ1) is 17.5. The van der Waals surface area contributed by atoms with E-state index in [4.69, 9.17) is 0 Å². The number of carbonyl (C=O) groups excluding carboxylic acids is 1. The van der Waals surface area contributed by atoms with E-state index in [1.807, 2.05) is 42.5 Å². The molecule has 0 bridgehead atoms. The predicted octanol–water partition coefficient (Wildman–Crippen LogP) is 3.59. The maximum Gasteiger partial charge on any atom is 0.229 e. The Morgan fingerprint density at radius 1 is 1.07 bits per heavy atom. The van der Waals surface area contributed by atoms with E-state index in [-0.39, 0.29) is 5.91 Å². The number of H-pyrrole nitrogens is 1. The fourth-order valence-corrected chi connectivity index (χ4v) is 3.87. The highest BCUT2D eigenvalue weighted by Gasteiger charge is 2.33. The molecule has 0 saturated heterocycles. The summed E-state index contributed by atoms with van der Waals surface area (Å²) in [5.41, 5.74) is 4.03. The average Bonchev–Trinajstić information content (AvgIpc) is 3.15. The lowest BCUT2D eigenvalue weighted by Gasteiger charge is -2.33. The summed E-state index contributed by atoms with van der Waals surface area (Å²) < 4.78 is 0. The zero-order valence-electron chi connectivity index (χ0n) is 15.7. The van der Waals surface area contributed by atoms with E-state index in [0.29, 0.717) is 24.1 Å². The van der Waals surface area contributed by atoms with Gasteiger partial charge in [-0.05, 0) is 42.7 Å². The quantitative estimate of drug-likeness (QED) is 0.548. The lowest BCUT2D eigenvalue weighted by Crippen LogP contribution is -2.21. The second kappa shape index (κ2) is 7.43. The Morgan fingerprint density at radius 3 is 2.86 bits per heavy atom. The lowest BCUT2D eigenvalue weighted by atomic mass is 9.71. The van der Waals surface area contributed by atoms with Crippen LogP contribution in [0.25, 0.3) is 10.9 Å². The Kier molecular flexibility index (Phi) is 4.48. The molecule has 7 nitrogen and oxygen atoms in total. The first-order chi connectivity index (χ1) is 14.2. The second-order valence-corrected chi connectivity index (χ2v) is 7.46. The topological polar surface area (TPSA) is 96.5 Å². The molecule has 2 N–H and O–H groups in total. The average molecular weight is 384 g/mol. The van der Waals surface area contributed by atoms with Crippen molar-refractivity contribution in [2.24, 2.45) is 0 Å². The molecule has 1 aliphatic rings. The number of hydrogen-bond donors (Lipinski definition) is 2. The minimum atomic E-state index is -0.0845. The smallest absolute Gasteiger partial charge is 0.229 e. The molecule has 0 unspecified atom stereocenters. The molecule has 0 atom stereocenters. The maximum atomic E-state index is 12.4. The summed E-state index contributed by atoms with van der Waals surface area (Å²) in [5, 5.41) is 11.2. The molecular formula is C22H20N6O. The Hall–Kier alpha value is -3.61. The molecule has 0 radical (unpaired) electrons. The van der Waals surface area contributed by atoms with E-state index >= 15 is 0 Å². The molecule has 4 aromatic rings. The second-order valence-electron chi connectivity index (χ2n) is 7.46. The molecule has 1 aromatic carbocycles. The van der Waals surface area contributed by atoms with Crippen LogP contribution in [0.1, 0.15) is 41.6 Å². The molecule has 1 amide bonds. The number of aromatic amines is 1. The number of pyridine rings is 1. The SMILES string of the molecule is O=C(Cc1ccc2ncccc2c1)Nc1cc(C2CC(c3ccncn3)C2)[nH]n1. The number of nitrogens with zero attached hydrogens (tertiary/aromatic N) is 4. The van der Waals surface area contributed by atoms with Crippen LogP contribution in [0.4, 0.5) is 5.82 Å². The van der Waals surface area contributed by atoms with Gasteiger partial charge in [0.15, 0.2) is 5.82 Å². The maximum absolute atomic E-state index is 12.4. The van der Waals surface area contributed by atoms with Crippen molar-refractivity contribution in [3.63, 3.8) is 0 Å². The fourth-order valence-electron chi connectivity index (χ4n) is 3.87. The third-order valence-corrected chi connectivity index (χ3v) is 5.50. The number of amides is 1. The van der Waals surface area contributed by atoms with Gasteiger partial charge < -0.3 is 5.32 Å². The van der Waals surface area contributed by atoms with Gasteiger partial charge in [-0.25, -0.2) is 9.97 Å². The molecular weight excluding hydrogens is 364 g/mol. The molecule has 0 spiro atoms. The van der Waals surface area contributed by atoms with Crippen LogP contribution in [0, 0.1) is 0 Å². The molecule has 3 heterocycles. The standard InChI is InChI=1S/C22H20N6O/c29-22(9-14-3-4-18-15(8-14)2-1-6-24-18)26-21-12-20(27-28-21)17-10-16(11-17)19-5-7-23-13-25-19/h1-8,12-13,16-17H,9-11H2,(H2,26,27,28,29). The number of rotatable bonds is 5. The Labute approximate surface area is 167 Å². The minimum absolute atomic E-state index is 0.0845. The van der Waals surface area contributed by atoms with Crippen LogP contribution in [-0.4, -0.2) is 31.1 Å². The van der Waals surface area contributed by atoms with Crippen molar-refractivity contribution in [2.75, 3.05) is 5.32 Å². The first-order valence-corrected chi connectivity index (χ1v) is 9.69. The van der Waals surface area contributed by atoms with Gasteiger partial charge in [0.25, 0.3) is 0 Å². The third kappa shape index (κ3) is 3.71. The van der Waals surface area contributed by atoms with Gasteiger partial charge in [-0.2, -0.15) is 5.10 Å². The number of aromatic nitrogens is 5. The van der Waals surface area contributed by atoms with E-state index < -0.39 is 0 Å². The molecule has 1 aliphatic carbocycles. The summed E-state index contributed by atoms with van der Waals surface area (Å²) in [4.78, 5) is 25.0. The zero-order chi connectivity index (χ0) is 19.6. The van der Waals surface area contributed by atoms with Crippen LogP contribution < -0.4 is 5.32 Å². The van der Waals surface area contributed by atoms with Crippen molar-refractivity contribution < 1.29 is 4.79 Å². The van der Waals surface area contributed by atoms with Crippen LogP contribution in [0.15, 0.2) is 61.2 Å². The van der Waals surface area contributed by atoms with E-state index in [1.54, 1.807) is 18.7 Å². The Morgan fingerprint density at radius 2 is 2.00 bits per heavy atom. The minimum Gasteiger partial charge on any atom is -0.309 e. The highest BCUT2D eigenvalue weighted by molar-refractivity contribution is 5.92. The van der Waals surface area contributed by atoms with Crippen LogP contribution >= 0.6 is 0 Å². The van der Waals surface area contributed by atoms with Crippen LogP contribution in [0.3, 0.4) is 0 Å². The van der Waals surface area contributed by atoms with Crippen molar-refractivity contribution in [2.45, 2.75) is 31.1 Å². The zero-order valence-corrected chi connectivity index (χ0v) is 15.7. The normalized spacial score (nSPS) is 18.3. The van der Waals surface area contributed by atoms with Crippen molar-refractivity contribution >= 4 is 22.6 Å². The largest absolute Gasteiger partial charge is 0.309 e. The van der Waals surface area contributed by atoms with Gasteiger partial charge in [-0.1, -0.05) is 12.1 Å². The number of anilines is 1. The van der Waals surface area contributed by atoms with Gasteiger partial charge in [0.2, 0.25) is 5.91 Å². The summed E-state index contributed by atoms with van der Waals surface area (Å²) in [6.45, 7) is 0. The highest BCUT2D eigenvalue weighted by Crippen LogP contribution is 2.46. The summed E-state index contributed by atoms with van der Waals surface area (Å²) in [7, 11) is 0. The van der Waals surface area contributed by atoms with Gasteiger partial charge in [0.05, 0.1) is 11.9 Å². The molecule has 29 heavy (non-hydrogen) atoms. The number of nitrogens with one attached hydrogen (secondary N) is 2. The highest BCUT2D eigenvalue weighted by atomic mass is 16.1. The van der Waals surface area contributed by atoms with Crippen molar-refractivity contribution in [3.8, 4) is 0 Å². The summed E-state index contributed by atoms with van der Waals surface area (Å²) in [6, 6.07) is 13.7. The molecule has 7 heteroatoms. The van der Waals surface area contributed by atoms with Gasteiger partial charge in [0, 0.05) is 47.1 Å². The summed E-state index contributed by atoms with van der Waals surface area (Å²) in [6.07, 6.45) is 7.49. The fraction of sp³-hybridized carbons (Fsp3) is 0.227. The summed E-state index contributed by atoms with van der Waals surface area (Å²) in [5.74, 6) is 1.37. The molecule has 1 saturated carbocycles. The number of benzene rings is 1. The van der Waals surface area contributed by atoms with E-state index in [2.05, 4.69) is 30.5 Å². The van der Waals surface area contributed by atoms with E-state index in [1.165, 1.54) is 0 Å². The molecule has 144 valence electrons. The lowest BCUT2D eigenvalue weighted by molar-refractivity contribution is -0.115. The van der Waals surface area contributed by atoms with Gasteiger partial charge in [-0.15, -0.1) is 0 Å². The molecule has 3 aromatic heterocycles. The molecule has 0 aliphatic heterocycles. The molecule has 5 rings (SSSR count). The van der Waals surface area contributed by atoms with E-state index in [0.717, 1.165) is 40.7 Å². The number of hydrogen-bond acceptors (Lipinski definition) is 5. The van der Waals surface area contributed by atoms with Crippen molar-refractivity contribution in [1.29, 1.82) is 0 Å². The first-order valence-electron chi connectivity index (χ1n) is 9.69. The van der Waals surface area contributed by atoms with Gasteiger partial charge in [-0.3, -0.25) is 14.9 Å². The van der Waals surface area contributed by atoms with Gasteiger partial charge in [0.1, 0.15) is 6.33 Å². The van der Waals surface area contributed by atoms with Crippen molar-refractivity contribution in [3.05, 3.63) is 78.1 Å².